The molecule has 0 aliphatic carbocycles. The van der Waals surface area contributed by atoms with E-state index in [4.69, 9.17) is 20.1 Å². The number of urea groups is 1. The summed E-state index contributed by atoms with van der Waals surface area (Å²) in [6.45, 7) is 6.37. The molecular formula is C15H28N2O8. The van der Waals surface area contributed by atoms with E-state index < -0.39 is 24.5 Å². The zero-order chi connectivity index (χ0) is 20.4. The zero-order valence-electron chi connectivity index (χ0n) is 14.9. The van der Waals surface area contributed by atoms with Gasteiger partial charge in [0.15, 0.2) is 0 Å². The molecule has 10 heteroatoms. The van der Waals surface area contributed by atoms with Gasteiger partial charge in [0.05, 0.1) is 0 Å². The van der Waals surface area contributed by atoms with Crippen LogP contribution in [-0.2, 0) is 19.2 Å². The Morgan fingerprint density at radius 3 is 1.80 bits per heavy atom. The molecule has 0 saturated heterocycles. The first-order valence-corrected chi connectivity index (χ1v) is 7.60. The predicted octanol–water partition coefficient (Wildman–Crippen LogP) is 0.946. The molecule has 0 rings (SSSR count). The summed E-state index contributed by atoms with van der Waals surface area (Å²) < 4.78 is 0. The third-order valence-electron chi connectivity index (χ3n) is 2.55. The van der Waals surface area contributed by atoms with Gasteiger partial charge in [-0.2, -0.15) is 0 Å². The Balaban J connectivity index is -0.000000504. The number of hydrogen-bond acceptors (Lipinski definition) is 5. The summed E-state index contributed by atoms with van der Waals surface area (Å²) in [4.78, 5) is 50.4. The first-order valence-electron chi connectivity index (χ1n) is 7.60. The van der Waals surface area contributed by atoms with Crippen LogP contribution in [0.3, 0.4) is 0 Å². The summed E-state index contributed by atoms with van der Waals surface area (Å²) in [5, 5.41) is 27.7. The molecule has 0 aliphatic rings. The lowest BCUT2D eigenvalue weighted by Gasteiger charge is -2.14. The number of aliphatic carboxylic acids is 2. The van der Waals surface area contributed by atoms with Gasteiger partial charge in [0, 0.05) is 24.8 Å². The molecule has 1 atom stereocenters. The molecule has 0 bridgehead atoms. The minimum absolute atomic E-state index is 0.00281. The van der Waals surface area contributed by atoms with Crippen molar-refractivity contribution in [1.82, 2.24) is 10.6 Å². The molecule has 0 spiro atoms. The van der Waals surface area contributed by atoms with E-state index in [0.717, 1.165) is 0 Å². The highest BCUT2D eigenvalue weighted by atomic mass is 16.4. The number of nitrogens with one attached hydrogen (secondary N) is 2. The molecule has 0 aromatic carbocycles. The minimum Gasteiger partial charge on any atom is -0.483 e. The molecule has 146 valence electrons. The van der Waals surface area contributed by atoms with E-state index >= 15 is 0 Å². The summed E-state index contributed by atoms with van der Waals surface area (Å²) in [5.41, 5.74) is 0. The van der Waals surface area contributed by atoms with Crippen molar-refractivity contribution in [2.75, 3.05) is 6.54 Å². The smallest absolute Gasteiger partial charge is 0.323 e. The van der Waals surface area contributed by atoms with Crippen LogP contribution in [0.15, 0.2) is 0 Å². The normalized spacial score (nSPS) is 10.1. The number of ketones is 1. The largest absolute Gasteiger partial charge is 0.483 e. The van der Waals surface area contributed by atoms with E-state index in [1.165, 1.54) is 0 Å². The van der Waals surface area contributed by atoms with Crippen LogP contribution in [0, 0.1) is 5.92 Å². The van der Waals surface area contributed by atoms with E-state index in [1.807, 2.05) is 13.8 Å². The first kappa shape index (κ1) is 27.2. The molecule has 10 nitrogen and oxygen atoms in total. The van der Waals surface area contributed by atoms with Gasteiger partial charge >= 0.3 is 18.0 Å². The molecule has 25 heavy (non-hydrogen) atoms. The Hall–Kier alpha value is -2.65. The molecule has 0 aliphatic heterocycles. The van der Waals surface area contributed by atoms with Gasteiger partial charge in [-0.05, 0) is 13.3 Å². The average Bonchev–Trinajstić information content (AvgIpc) is 2.51. The summed E-state index contributed by atoms with van der Waals surface area (Å²) in [6, 6.07) is -0.691. The lowest BCUT2D eigenvalue weighted by atomic mass is 10.0. The highest BCUT2D eigenvalue weighted by Gasteiger charge is 2.12. The Morgan fingerprint density at radius 2 is 1.48 bits per heavy atom. The highest BCUT2D eigenvalue weighted by Crippen LogP contribution is 2.04. The number of Topliss-reactive ketones (excluding diaryl/α,β-unsaturated/α-hetero) is 1. The fourth-order valence-corrected chi connectivity index (χ4v) is 1.15. The molecule has 0 heterocycles. The maximum Gasteiger partial charge on any atom is 0.323 e. The Morgan fingerprint density at radius 1 is 1.04 bits per heavy atom. The van der Waals surface area contributed by atoms with Gasteiger partial charge in [-0.3, -0.25) is 19.2 Å². The molecule has 0 fully saturated rings. The molecule has 2 amide bonds. The lowest BCUT2D eigenvalue weighted by Crippen LogP contribution is -2.42. The van der Waals surface area contributed by atoms with Crippen molar-refractivity contribution in [2.45, 2.75) is 53.0 Å². The predicted molar refractivity (Wildman–Crippen MR) is 89.3 cm³/mol. The molecule has 0 radical (unpaired) electrons. The van der Waals surface area contributed by atoms with E-state index in [2.05, 4.69) is 10.6 Å². The number of hydrogen-bond donors (Lipinski definition) is 5. The lowest BCUT2D eigenvalue weighted by molar-refractivity contribution is -0.137. The minimum atomic E-state index is -1.09. The molecule has 0 saturated carbocycles. The molecule has 1 unspecified atom stereocenters. The van der Waals surface area contributed by atoms with Gasteiger partial charge in [-0.25, -0.2) is 4.79 Å². The topological polar surface area (TPSA) is 170 Å². The third kappa shape index (κ3) is 26.6. The van der Waals surface area contributed by atoms with Crippen molar-refractivity contribution in [3.8, 4) is 0 Å². The van der Waals surface area contributed by atoms with Gasteiger partial charge in [-0.1, -0.05) is 20.8 Å². The summed E-state index contributed by atoms with van der Waals surface area (Å²) in [5.74, 6) is -1.68. The van der Waals surface area contributed by atoms with Crippen LogP contribution in [0.25, 0.3) is 0 Å². The van der Waals surface area contributed by atoms with Gasteiger partial charge < -0.3 is 26.0 Å². The quantitative estimate of drug-likeness (QED) is 0.396. The Kier molecular flexibility index (Phi) is 19.3. The Labute approximate surface area is 146 Å². The van der Waals surface area contributed by atoms with Crippen molar-refractivity contribution >= 4 is 30.2 Å². The number of rotatable bonds is 8. The zero-order valence-corrected chi connectivity index (χ0v) is 14.9. The van der Waals surface area contributed by atoms with Crippen LogP contribution in [0.5, 0.6) is 0 Å². The van der Waals surface area contributed by atoms with E-state index in [1.54, 1.807) is 13.8 Å². The van der Waals surface area contributed by atoms with E-state index in [-0.39, 0.29) is 30.6 Å². The van der Waals surface area contributed by atoms with Gasteiger partial charge in [0.2, 0.25) is 0 Å². The second-order valence-electron chi connectivity index (χ2n) is 5.13. The van der Waals surface area contributed by atoms with Crippen LogP contribution in [-0.4, -0.2) is 58.1 Å². The number of carboxylic acids is 2. The van der Waals surface area contributed by atoms with Crippen molar-refractivity contribution in [3.63, 3.8) is 0 Å². The third-order valence-corrected chi connectivity index (χ3v) is 2.55. The fraction of sp³-hybridized carbons (Fsp3) is 0.667. The van der Waals surface area contributed by atoms with E-state index in [0.29, 0.717) is 12.8 Å². The van der Waals surface area contributed by atoms with Crippen molar-refractivity contribution < 1.29 is 39.3 Å². The molecule has 0 aromatic rings. The number of carbonyl (C=O) groups excluding carboxylic acids is 2. The van der Waals surface area contributed by atoms with Crippen LogP contribution in [0.1, 0.15) is 47.0 Å². The summed E-state index contributed by atoms with van der Waals surface area (Å²) >= 11 is 0. The fourth-order valence-electron chi connectivity index (χ4n) is 1.15. The number of carbonyl (C=O) groups is 5. The second kappa shape index (κ2) is 17.7. The van der Waals surface area contributed by atoms with Crippen molar-refractivity contribution in [1.29, 1.82) is 0 Å². The molecule has 5 N–H and O–H groups in total. The van der Waals surface area contributed by atoms with Crippen molar-refractivity contribution in [3.05, 3.63) is 0 Å². The number of amides is 2. The van der Waals surface area contributed by atoms with Gasteiger partial charge in [0.25, 0.3) is 6.47 Å². The van der Waals surface area contributed by atoms with Crippen LogP contribution in [0.2, 0.25) is 0 Å². The van der Waals surface area contributed by atoms with Crippen molar-refractivity contribution in [2.24, 2.45) is 5.92 Å². The summed E-state index contributed by atoms with van der Waals surface area (Å²) in [7, 11) is 0. The number of carboxylic acid groups (broad SMARTS) is 3. The second-order valence-corrected chi connectivity index (χ2v) is 5.13. The van der Waals surface area contributed by atoms with Crippen LogP contribution >= 0.6 is 0 Å². The molecule has 0 aromatic heterocycles. The van der Waals surface area contributed by atoms with E-state index in [9.17, 15) is 19.2 Å². The summed E-state index contributed by atoms with van der Waals surface area (Å²) in [6.07, 6.45) is 1.19. The van der Waals surface area contributed by atoms with Crippen LogP contribution < -0.4 is 10.6 Å². The first-order chi connectivity index (χ1) is 11.5. The Bertz CT molecular complexity index is 424. The average molecular weight is 364 g/mol. The monoisotopic (exact) mass is 364 g/mol. The highest BCUT2D eigenvalue weighted by molar-refractivity contribution is 5.81. The standard InChI is InChI=1S/C11H20N2O4.C3H6O2.CH2O2/c1-7(2)9(14)5-4-8(3)13-11(17)12-6-10(15)16;1-2-3(4)5;2-1-3/h7-8H,4-6H2,1-3H3,(H,15,16)(H2,12,13,17);2H2,1H3,(H,4,5);1H,(H,2,3). The maximum atomic E-state index is 11.3. The van der Waals surface area contributed by atoms with Crippen LogP contribution in [0.4, 0.5) is 4.79 Å². The van der Waals surface area contributed by atoms with Gasteiger partial charge in [0.1, 0.15) is 12.3 Å². The molecular weight excluding hydrogens is 336 g/mol. The maximum absolute atomic E-state index is 11.3. The van der Waals surface area contributed by atoms with Gasteiger partial charge in [-0.15, -0.1) is 0 Å². The SMILES string of the molecule is CC(CCC(=O)C(C)C)NC(=O)NCC(=O)O.CCC(=O)O.O=CO.